The third kappa shape index (κ3) is 3.06. The molecule has 1 aliphatic rings. The fourth-order valence-corrected chi connectivity index (χ4v) is 2.06. The molecule has 1 aliphatic heterocycles. The molecule has 0 radical (unpaired) electrons. The van der Waals surface area contributed by atoms with E-state index in [1.807, 2.05) is 19.1 Å². The summed E-state index contributed by atoms with van der Waals surface area (Å²) in [5.74, 6) is -0.800. The molecule has 0 bridgehead atoms. The van der Waals surface area contributed by atoms with E-state index in [0.29, 0.717) is 5.56 Å². The van der Waals surface area contributed by atoms with Gasteiger partial charge in [-0.15, -0.1) is 0 Å². The van der Waals surface area contributed by atoms with Crippen LogP contribution in [0.3, 0.4) is 0 Å². The zero-order chi connectivity index (χ0) is 14.0. The maximum absolute atomic E-state index is 12.1. The SMILES string of the molecule is Cc1cccc(C(=O)CN2CC(=O)NC(=O)C2C)c1. The van der Waals surface area contributed by atoms with Gasteiger partial charge in [-0.25, -0.2) is 0 Å². The van der Waals surface area contributed by atoms with Gasteiger partial charge in [-0.05, 0) is 19.9 Å². The normalized spacial score (nSPS) is 20.2. The second-order valence-corrected chi connectivity index (χ2v) is 4.79. The smallest absolute Gasteiger partial charge is 0.243 e. The molecule has 19 heavy (non-hydrogen) atoms. The van der Waals surface area contributed by atoms with Crippen LogP contribution in [0.2, 0.25) is 0 Å². The molecule has 100 valence electrons. The lowest BCUT2D eigenvalue weighted by molar-refractivity contribution is -0.139. The van der Waals surface area contributed by atoms with E-state index in [0.717, 1.165) is 5.56 Å². The highest BCUT2D eigenvalue weighted by molar-refractivity contribution is 6.03. The number of imide groups is 1. The Bertz CT molecular complexity index is 539. The Labute approximate surface area is 111 Å². The van der Waals surface area contributed by atoms with Crippen molar-refractivity contribution in [3.63, 3.8) is 0 Å². The highest BCUT2D eigenvalue weighted by atomic mass is 16.2. The van der Waals surface area contributed by atoms with Crippen LogP contribution in [0.5, 0.6) is 0 Å². The van der Waals surface area contributed by atoms with Crippen LogP contribution in [0.1, 0.15) is 22.8 Å². The van der Waals surface area contributed by atoms with Crippen molar-refractivity contribution >= 4 is 17.6 Å². The van der Waals surface area contributed by atoms with E-state index >= 15 is 0 Å². The summed E-state index contributed by atoms with van der Waals surface area (Å²) in [6, 6.07) is 6.81. The molecular weight excluding hydrogens is 244 g/mol. The monoisotopic (exact) mass is 260 g/mol. The largest absolute Gasteiger partial charge is 0.294 e. The quantitative estimate of drug-likeness (QED) is 0.636. The lowest BCUT2D eigenvalue weighted by atomic mass is 10.1. The number of rotatable bonds is 3. The summed E-state index contributed by atoms with van der Waals surface area (Å²) >= 11 is 0. The van der Waals surface area contributed by atoms with Crippen LogP contribution in [0.4, 0.5) is 0 Å². The van der Waals surface area contributed by atoms with Crippen LogP contribution in [-0.2, 0) is 9.59 Å². The lowest BCUT2D eigenvalue weighted by Crippen LogP contribution is -2.57. The molecule has 5 nitrogen and oxygen atoms in total. The molecule has 2 amide bonds. The third-order valence-corrected chi connectivity index (χ3v) is 3.22. The summed E-state index contributed by atoms with van der Waals surface area (Å²) in [5.41, 5.74) is 1.61. The van der Waals surface area contributed by atoms with Crippen LogP contribution >= 0.6 is 0 Å². The number of Topliss-reactive ketones (excluding diaryl/α,β-unsaturated/α-hetero) is 1. The first-order chi connectivity index (χ1) is 8.97. The summed E-state index contributed by atoms with van der Waals surface area (Å²) in [6.07, 6.45) is 0. The Hall–Kier alpha value is -2.01. The lowest BCUT2D eigenvalue weighted by Gasteiger charge is -2.30. The maximum Gasteiger partial charge on any atom is 0.243 e. The van der Waals surface area contributed by atoms with E-state index in [1.54, 1.807) is 24.0 Å². The van der Waals surface area contributed by atoms with E-state index in [1.165, 1.54) is 0 Å². The fraction of sp³-hybridized carbons (Fsp3) is 0.357. The van der Waals surface area contributed by atoms with Crippen LogP contribution in [0.25, 0.3) is 0 Å². The van der Waals surface area contributed by atoms with E-state index < -0.39 is 6.04 Å². The zero-order valence-electron chi connectivity index (χ0n) is 11.0. The Morgan fingerprint density at radius 3 is 2.84 bits per heavy atom. The molecular formula is C14H16N2O3. The standard InChI is InChI=1S/C14H16N2O3/c1-9-4-3-5-11(6-9)12(17)7-16-8-13(18)15-14(19)10(16)2/h3-6,10H,7-8H2,1-2H3,(H,15,18,19). The highest BCUT2D eigenvalue weighted by Gasteiger charge is 2.31. The van der Waals surface area contributed by atoms with Crippen molar-refractivity contribution in [3.8, 4) is 0 Å². The van der Waals surface area contributed by atoms with Gasteiger partial charge in [-0.2, -0.15) is 0 Å². The molecule has 1 N–H and O–H groups in total. The van der Waals surface area contributed by atoms with E-state index in [4.69, 9.17) is 0 Å². The minimum atomic E-state index is -0.466. The highest BCUT2D eigenvalue weighted by Crippen LogP contribution is 2.09. The minimum absolute atomic E-state index is 0.0732. The Morgan fingerprint density at radius 2 is 2.16 bits per heavy atom. The number of nitrogens with zero attached hydrogens (tertiary/aromatic N) is 1. The predicted octanol–water partition coefficient (Wildman–Crippen LogP) is 0.525. The number of hydrogen-bond donors (Lipinski definition) is 1. The van der Waals surface area contributed by atoms with Gasteiger partial charge in [-0.3, -0.25) is 24.6 Å². The maximum atomic E-state index is 12.1. The van der Waals surface area contributed by atoms with Crippen molar-refractivity contribution in [2.45, 2.75) is 19.9 Å². The molecule has 0 spiro atoms. The topological polar surface area (TPSA) is 66.5 Å². The van der Waals surface area contributed by atoms with Crippen LogP contribution in [0.15, 0.2) is 24.3 Å². The first kappa shape index (κ1) is 13.4. The van der Waals surface area contributed by atoms with Gasteiger partial charge in [0, 0.05) is 5.56 Å². The van der Waals surface area contributed by atoms with Gasteiger partial charge in [0.1, 0.15) is 0 Å². The van der Waals surface area contributed by atoms with Crippen molar-refractivity contribution in [3.05, 3.63) is 35.4 Å². The minimum Gasteiger partial charge on any atom is -0.294 e. The van der Waals surface area contributed by atoms with Crippen molar-refractivity contribution in [1.82, 2.24) is 10.2 Å². The molecule has 1 heterocycles. The molecule has 0 aromatic heterocycles. The van der Waals surface area contributed by atoms with Crippen LogP contribution < -0.4 is 5.32 Å². The molecule has 5 heteroatoms. The Balaban J connectivity index is 2.10. The number of hydrogen-bond acceptors (Lipinski definition) is 4. The van der Waals surface area contributed by atoms with Crippen molar-refractivity contribution in [2.24, 2.45) is 0 Å². The van der Waals surface area contributed by atoms with Crippen molar-refractivity contribution in [2.75, 3.05) is 13.1 Å². The van der Waals surface area contributed by atoms with Gasteiger partial charge in [0.25, 0.3) is 0 Å². The molecule has 1 aromatic carbocycles. The fourth-order valence-electron chi connectivity index (χ4n) is 2.06. The number of amides is 2. The molecule has 1 fully saturated rings. The van der Waals surface area contributed by atoms with Crippen molar-refractivity contribution < 1.29 is 14.4 Å². The average Bonchev–Trinajstić information content (AvgIpc) is 2.35. The van der Waals surface area contributed by atoms with Gasteiger partial charge >= 0.3 is 0 Å². The summed E-state index contributed by atoms with van der Waals surface area (Å²) < 4.78 is 0. The number of ketones is 1. The molecule has 1 saturated heterocycles. The van der Waals surface area contributed by atoms with E-state index in [2.05, 4.69) is 5.32 Å². The number of carbonyl (C=O) groups is 3. The molecule has 0 saturated carbocycles. The van der Waals surface area contributed by atoms with Gasteiger partial charge in [0.15, 0.2) is 5.78 Å². The summed E-state index contributed by atoms with van der Waals surface area (Å²) in [5, 5.41) is 2.25. The first-order valence-electron chi connectivity index (χ1n) is 6.15. The van der Waals surface area contributed by atoms with E-state index in [-0.39, 0.29) is 30.7 Å². The van der Waals surface area contributed by atoms with Gasteiger partial charge in [0.2, 0.25) is 11.8 Å². The number of benzene rings is 1. The third-order valence-electron chi connectivity index (χ3n) is 3.22. The predicted molar refractivity (Wildman–Crippen MR) is 69.7 cm³/mol. The van der Waals surface area contributed by atoms with Crippen molar-refractivity contribution in [1.29, 1.82) is 0 Å². The summed E-state index contributed by atoms with van der Waals surface area (Å²) in [7, 11) is 0. The molecule has 2 rings (SSSR count). The molecule has 1 atom stereocenters. The zero-order valence-corrected chi connectivity index (χ0v) is 11.0. The van der Waals surface area contributed by atoms with Crippen LogP contribution in [0, 0.1) is 6.92 Å². The summed E-state index contributed by atoms with van der Waals surface area (Å²) in [4.78, 5) is 36.5. The van der Waals surface area contributed by atoms with Gasteiger partial charge in [-0.1, -0.05) is 23.8 Å². The number of nitrogens with one attached hydrogen (secondary N) is 1. The second-order valence-electron chi connectivity index (χ2n) is 4.79. The molecule has 1 aromatic rings. The number of carbonyl (C=O) groups excluding carboxylic acids is 3. The Kier molecular flexibility index (Phi) is 3.76. The molecule has 1 unspecified atom stereocenters. The number of piperazine rings is 1. The number of aryl methyl sites for hydroxylation is 1. The molecule has 0 aliphatic carbocycles. The van der Waals surface area contributed by atoms with Gasteiger partial charge in [0.05, 0.1) is 19.1 Å². The summed E-state index contributed by atoms with van der Waals surface area (Å²) in [6.45, 7) is 3.75. The first-order valence-corrected chi connectivity index (χ1v) is 6.15. The van der Waals surface area contributed by atoms with Crippen LogP contribution in [-0.4, -0.2) is 41.6 Å². The Morgan fingerprint density at radius 1 is 1.42 bits per heavy atom. The second kappa shape index (κ2) is 5.32. The van der Waals surface area contributed by atoms with E-state index in [9.17, 15) is 14.4 Å². The average molecular weight is 260 g/mol. The van der Waals surface area contributed by atoms with Gasteiger partial charge < -0.3 is 0 Å².